The van der Waals surface area contributed by atoms with Gasteiger partial charge in [0, 0.05) is 24.3 Å². The van der Waals surface area contributed by atoms with Gasteiger partial charge in [-0.1, -0.05) is 18.7 Å². The largest absolute Gasteiger partial charge is 0.381 e. The second-order valence-corrected chi connectivity index (χ2v) is 5.77. The number of aliphatic imine (C=N–C) groups is 1. The van der Waals surface area contributed by atoms with Gasteiger partial charge in [0.2, 0.25) is 0 Å². The average molecular weight is 242 g/mol. The van der Waals surface area contributed by atoms with Crippen molar-refractivity contribution in [3.63, 3.8) is 0 Å². The van der Waals surface area contributed by atoms with Gasteiger partial charge in [0.1, 0.15) is 0 Å². The Morgan fingerprint density at radius 2 is 2.44 bits per heavy atom. The highest BCUT2D eigenvalue weighted by molar-refractivity contribution is 8.13. The first-order valence-electron chi connectivity index (χ1n) is 6.34. The molecule has 1 fully saturated rings. The number of ether oxygens (including phenoxy) is 1. The van der Waals surface area contributed by atoms with Gasteiger partial charge in [0.15, 0.2) is 5.17 Å². The number of hydrogen-bond donors (Lipinski definition) is 1. The zero-order valence-corrected chi connectivity index (χ0v) is 11.1. The van der Waals surface area contributed by atoms with Crippen molar-refractivity contribution < 1.29 is 4.74 Å². The Bertz CT molecular complexity index is 251. The van der Waals surface area contributed by atoms with Crippen molar-refractivity contribution in [3.8, 4) is 0 Å². The molecule has 2 aliphatic heterocycles. The summed E-state index contributed by atoms with van der Waals surface area (Å²) in [7, 11) is 0. The van der Waals surface area contributed by atoms with Crippen molar-refractivity contribution in [1.82, 2.24) is 5.32 Å². The minimum absolute atomic E-state index is 0.490. The lowest BCUT2D eigenvalue weighted by atomic mass is 10.0. The normalized spacial score (nSPS) is 32.2. The molecular weight excluding hydrogens is 220 g/mol. The van der Waals surface area contributed by atoms with Gasteiger partial charge in [0.05, 0.1) is 12.6 Å². The molecule has 2 heterocycles. The third-order valence-corrected chi connectivity index (χ3v) is 4.42. The van der Waals surface area contributed by atoms with Crippen molar-refractivity contribution in [2.75, 3.05) is 19.0 Å². The molecule has 1 N–H and O–H groups in total. The second-order valence-electron chi connectivity index (χ2n) is 4.69. The molecule has 0 bridgehead atoms. The number of thioether (sulfide) groups is 1. The maximum Gasteiger partial charge on any atom is 0.157 e. The van der Waals surface area contributed by atoms with E-state index >= 15 is 0 Å². The smallest absolute Gasteiger partial charge is 0.157 e. The van der Waals surface area contributed by atoms with E-state index in [0.29, 0.717) is 18.0 Å². The maximum atomic E-state index is 5.42. The second kappa shape index (κ2) is 5.92. The molecule has 92 valence electrons. The number of amidine groups is 1. The fraction of sp³-hybridized carbons (Fsp3) is 0.917. The summed E-state index contributed by atoms with van der Waals surface area (Å²) in [5.41, 5.74) is 0. The molecule has 3 atom stereocenters. The predicted molar refractivity (Wildman–Crippen MR) is 70.1 cm³/mol. The summed E-state index contributed by atoms with van der Waals surface area (Å²) >= 11 is 1.87. The van der Waals surface area contributed by atoms with Gasteiger partial charge in [-0.15, -0.1) is 0 Å². The Hall–Kier alpha value is -0.220. The van der Waals surface area contributed by atoms with Crippen LogP contribution in [0.15, 0.2) is 4.99 Å². The van der Waals surface area contributed by atoms with Crippen LogP contribution in [0.5, 0.6) is 0 Å². The van der Waals surface area contributed by atoms with Crippen LogP contribution in [0.25, 0.3) is 0 Å². The molecule has 0 aliphatic carbocycles. The van der Waals surface area contributed by atoms with E-state index in [1.807, 2.05) is 11.8 Å². The van der Waals surface area contributed by atoms with E-state index in [9.17, 15) is 0 Å². The predicted octanol–water partition coefficient (Wildman–Crippen LogP) is 2.27. The van der Waals surface area contributed by atoms with E-state index in [1.165, 1.54) is 18.6 Å². The van der Waals surface area contributed by atoms with Gasteiger partial charge in [-0.2, -0.15) is 0 Å². The molecule has 0 aromatic heterocycles. The van der Waals surface area contributed by atoms with Crippen molar-refractivity contribution >= 4 is 16.9 Å². The Balaban J connectivity index is 1.85. The van der Waals surface area contributed by atoms with Crippen LogP contribution in [0.2, 0.25) is 0 Å². The fourth-order valence-corrected chi connectivity index (χ4v) is 3.27. The lowest BCUT2D eigenvalue weighted by Gasteiger charge is -2.25. The molecule has 3 unspecified atom stereocenters. The number of hydrogen-bond acceptors (Lipinski definition) is 4. The minimum atomic E-state index is 0.490. The van der Waals surface area contributed by atoms with Gasteiger partial charge in [0.25, 0.3) is 0 Å². The Kier molecular flexibility index (Phi) is 4.53. The van der Waals surface area contributed by atoms with Crippen LogP contribution in [0, 0.1) is 5.92 Å². The molecule has 0 saturated carbocycles. The Morgan fingerprint density at radius 3 is 3.12 bits per heavy atom. The standard InChI is InChI=1S/C12H22N2OS/c1-3-11-5-7-16-12(14-11)13-9(2)10-4-6-15-8-10/h9-11H,3-8H2,1-2H3,(H,13,14). The average Bonchev–Trinajstić information content (AvgIpc) is 2.83. The summed E-state index contributed by atoms with van der Waals surface area (Å²) in [6, 6.07) is 1.03. The molecule has 16 heavy (non-hydrogen) atoms. The highest BCUT2D eigenvalue weighted by atomic mass is 32.2. The molecule has 0 radical (unpaired) electrons. The first-order valence-corrected chi connectivity index (χ1v) is 7.33. The van der Waals surface area contributed by atoms with E-state index in [0.717, 1.165) is 24.8 Å². The van der Waals surface area contributed by atoms with Gasteiger partial charge in [-0.3, -0.25) is 4.99 Å². The monoisotopic (exact) mass is 242 g/mol. The lowest BCUT2D eigenvalue weighted by Crippen LogP contribution is -2.38. The lowest BCUT2D eigenvalue weighted by molar-refractivity contribution is 0.180. The Morgan fingerprint density at radius 1 is 1.56 bits per heavy atom. The molecular formula is C12H22N2OS. The highest BCUT2D eigenvalue weighted by Crippen LogP contribution is 2.21. The fourth-order valence-electron chi connectivity index (χ4n) is 2.19. The molecule has 0 aromatic carbocycles. The highest BCUT2D eigenvalue weighted by Gasteiger charge is 2.24. The van der Waals surface area contributed by atoms with Crippen molar-refractivity contribution in [2.24, 2.45) is 10.9 Å². The van der Waals surface area contributed by atoms with Crippen molar-refractivity contribution in [2.45, 2.75) is 45.2 Å². The number of rotatable bonds is 3. The molecule has 2 aliphatic rings. The summed E-state index contributed by atoms with van der Waals surface area (Å²) in [6.07, 6.45) is 3.57. The van der Waals surface area contributed by atoms with Gasteiger partial charge in [-0.25, -0.2) is 0 Å². The van der Waals surface area contributed by atoms with E-state index in [2.05, 4.69) is 19.2 Å². The van der Waals surface area contributed by atoms with Gasteiger partial charge in [-0.05, 0) is 26.2 Å². The maximum absolute atomic E-state index is 5.42. The van der Waals surface area contributed by atoms with E-state index in [-0.39, 0.29) is 0 Å². The van der Waals surface area contributed by atoms with E-state index in [1.54, 1.807) is 0 Å². The first kappa shape index (κ1) is 12.2. The van der Waals surface area contributed by atoms with Gasteiger partial charge < -0.3 is 10.1 Å². The molecule has 0 amide bonds. The zero-order chi connectivity index (χ0) is 11.4. The molecule has 1 saturated heterocycles. The van der Waals surface area contributed by atoms with Crippen LogP contribution in [0.3, 0.4) is 0 Å². The molecule has 0 aromatic rings. The van der Waals surface area contributed by atoms with Crippen molar-refractivity contribution in [1.29, 1.82) is 0 Å². The number of nitrogens with zero attached hydrogens (tertiary/aromatic N) is 1. The van der Waals surface area contributed by atoms with Gasteiger partial charge >= 0.3 is 0 Å². The minimum Gasteiger partial charge on any atom is -0.381 e. The van der Waals surface area contributed by atoms with Crippen LogP contribution in [-0.2, 0) is 4.74 Å². The zero-order valence-electron chi connectivity index (χ0n) is 10.2. The first-order chi connectivity index (χ1) is 7.79. The third-order valence-electron chi connectivity index (χ3n) is 3.48. The summed E-state index contributed by atoms with van der Waals surface area (Å²) in [6.45, 7) is 6.30. The van der Waals surface area contributed by atoms with Crippen LogP contribution >= 0.6 is 11.8 Å². The van der Waals surface area contributed by atoms with Crippen LogP contribution in [0.4, 0.5) is 0 Å². The molecule has 4 heteroatoms. The summed E-state index contributed by atoms with van der Waals surface area (Å²) in [5.74, 6) is 1.86. The van der Waals surface area contributed by atoms with Crippen LogP contribution in [0.1, 0.15) is 33.1 Å². The summed E-state index contributed by atoms with van der Waals surface area (Å²) < 4.78 is 5.42. The van der Waals surface area contributed by atoms with Crippen molar-refractivity contribution in [3.05, 3.63) is 0 Å². The summed E-state index contributed by atoms with van der Waals surface area (Å²) in [5, 5.41) is 4.71. The van der Waals surface area contributed by atoms with Crippen LogP contribution < -0.4 is 5.32 Å². The van der Waals surface area contributed by atoms with E-state index in [4.69, 9.17) is 9.73 Å². The Labute approximate surface area is 102 Å². The van der Waals surface area contributed by atoms with Crippen LogP contribution in [-0.4, -0.2) is 36.2 Å². The molecule has 0 spiro atoms. The molecule has 3 nitrogen and oxygen atoms in total. The van der Waals surface area contributed by atoms with E-state index < -0.39 is 0 Å². The third kappa shape index (κ3) is 3.14. The SMILES string of the molecule is CCC1CCSC(NC(C)C2CCOC2)=N1. The quantitative estimate of drug-likeness (QED) is 0.824. The summed E-state index contributed by atoms with van der Waals surface area (Å²) in [4.78, 5) is 4.74. The number of nitrogens with one attached hydrogen (secondary N) is 1. The molecule has 2 rings (SSSR count). The topological polar surface area (TPSA) is 33.6 Å².